The van der Waals surface area contributed by atoms with Gasteiger partial charge in [0, 0.05) is 31.9 Å². The molecule has 4 rings (SSSR count). The SMILES string of the molecule is CS(=O)(=O)Nc1ccc(S(=O)(=O)N2CCNCCn3c2nc2ccccc23)cc1. The fourth-order valence-electron chi connectivity index (χ4n) is 3.33. The standard InChI is InChI=1S/C18H21N5O4S2/c1-28(24,25)21-14-6-8-15(9-7-14)29(26,27)23-13-11-19-10-12-22-17-5-3-2-4-16(17)20-18(22)23/h2-9,19,21H,10-13H2,1H3. The molecular formula is C18H21N5O4S2. The van der Waals surface area contributed by atoms with Crippen LogP contribution < -0.4 is 14.3 Å². The molecular weight excluding hydrogens is 414 g/mol. The molecule has 9 nitrogen and oxygen atoms in total. The summed E-state index contributed by atoms with van der Waals surface area (Å²) in [5.74, 6) is 0.381. The number of aromatic nitrogens is 2. The molecule has 11 heteroatoms. The Balaban J connectivity index is 1.77. The molecule has 0 fully saturated rings. The van der Waals surface area contributed by atoms with Gasteiger partial charge in [0.1, 0.15) is 0 Å². The van der Waals surface area contributed by atoms with Gasteiger partial charge in [0.2, 0.25) is 16.0 Å². The van der Waals surface area contributed by atoms with Crippen LogP contribution in [0.5, 0.6) is 0 Å². The Bertz CT molecular complexity index is 1250. The lowest BCUT2D eigenvalue weighted by molar-refractivity contribution is 0.560. The molecule has 2 N–H and O–H groups in total. The summed E-state index contributed by atoms with van der Waals surface area (Å²) in [4.78, 5) is 4.65. The smallest absolute Gasteiger partial charge is 0.266 e. The Hall–Kier alpha value is -2.63. The van der Waals surface area contributed by atoms with Gasteiger partial charge in [-0.15, -0.1) is 0 Å². The van der Waals surface area contributed by atoms with E-state index in [1.165, 1.54) is 28.6 Å². The van der Waals surface area contributed by atoms with Crippen LogP contribution in [0.4, 0.5) is 11.6 Å². The molecule has 29 heavy (non-hydrogen) atoms. The molecule has 0 bridgehead atoms. The van der Waals surface area contributed by atoms with Crippen molar-refractivity contribution >= 4 is 42.7 Å². The van der Waals surface area contributed by atoms with Crippen LogP contribution in [0.2, 0.25) is 0 Å². The molecule has 154 valence electrons. The van der Waals surface area contributed by atoms with Gasteiger partial charge in [-0.05, 0) is 36.4 Å². The van der Waals surface area contributed by atoms with Crippen LogP contribution in [-0.4, -0.2) is 52.3 Å². The first kappa shape index (κ1) is 19.7. The second-order valence-electron chi connectivity index (χ2n) is 6.78. The highest BCUT2D eigenvalue weighted by atomic mass is 32.2. The highest BCUT2D eigenvalue weighted by molar-refractivity contribution is 7.93. The highest BCUT2D eigenvalue weighted by Gasteiger charge is 2.30. The van der Waals surface area contributed by atoms with Crippen molar-refractivity contribution in [1.82, 2.24) is 14.9 Å². The van der Waals surface area contributed by atoms with E-state index < -0.39 is 20.0 Å². The van der Waals surface area contributed by atoms with Gasteiger partial charge in [-0.25, -0.2) is 26.1 Å². The average Bonchev–Trinajstić information content (AvgIpc) is 2.98. The fourth-order valence-corrected chi connectivity index (χ4v) is 5.32. The number of para-hydroxylation sites is 2. The van der Waals surface area contributed by atoms with Gasteiger partial charge in [0.05, 0.1) is 22.2 Å². The Labute approximate surface area is 169 Å². The first-order chi connectivity index (χ1) is 13.8. The van der Waals surface area contributed by atoms with Crippen molar-refractivity contribution in [2.45, 2.75) is 11.4 Å². The zero-order valence-corrected chi connectivity index (χ0v) is 17.4. The predicted molar refractivity (Wildman–Crippen MR) is 112 cm³/mol. The number of sulfonamides is 2. The summed E-state index contributed by atoms with van der Waals surface area (Å²) >= 11 is 0. The summed E-state index contributed by atoms with van der Waals surface area (Å²) in [5.41, 5.74) is 1.91. The molecule has 0 aliphatic carbocycles. The summed E-state index contributed by atoms with van der Waals surface area (Å²) in [6, 6.07) is 13.2. The first-order valence-electron chi connectivity index (χ1n) is 9.02. The van der Waals surface area contributed by atoms with Gasteiger partial charge in [-0.2, -0.15) is 0 Å². The number of anilines is 2. The van der Waals surface area contributed by atoms with Gasteiger partial charge in [-0.1, -0.05) is 12.1 Å². The van der Waals surface area contributed by atoms with Gasteiger partial charge in [0.15, 0.2) is 0 Å². The van der Waals surface area contributed by atoms with E-state index in [4.69, 9.17) is 0 Å². The minimum atomic E-state index is -3.89. The minimum absolute atomic E-state index is 0.0655. The van der Waals surface area contributed by atoms with Crippen LogP contribution in [0.3, 0.4) is 0 Å². The molecule has 1 aromatic heterocycles. The molecule has 0 atom stereocenters. The van der Waals surface area contributed by atoms with Crippen LogP contribution in [0.15, 0.2) is 53.4 Å². The molecule has 2 heterocycles. The summed E-state index contributed by atoms with van der Waals surface area (Å²) in [6.45, 7) is 2.04. The summed E-state index contributed by atoms with van der Waals surface area (Å²) < 4.78 is 55.1. The largest absolute Gasteiger partial charge is 0.313 e. The third kappa shape index (κ3) is 3.93. The van der Waals surface area contributed by atoms with Crippen molar-refractivity contribution in [3.63, 3.8) is 0 Å². The number of rotatable bonds is 4. The van der Waals surface area contributed by atoms with Crippen LogP contribution >= 0.6 is 0 Å². The number of hydrogen-bond donors (Lipinski definition) is 2. The number of hydrogen-bond acceptors (Lipinski definition) is 6. The molecule has 0 spiro atoms. The number of nitrogens with zero attached hydrogens (tertiary/aromatic N) is 3. The van der Waals surface area contributed by atoms with E-state index in [0.29, 0.717) is 31.3 Å². The summed E-state index contributed by atoms with van der Waals surface area (Å²) in [5, 5.41) is 3.24. The van der Waals surface area contributed by atoms with Crippen molar-refractivity contribution < 1.29 is 16.8 Å². The van der Waals surface area contributed by atoms with Crippen molar-refractivity contribution in [1.29, 1.82) is 0 Å². The van der Waals surface area contributed by atoms with Gasteiger partial charge < -0.3 is 9.88 Å². The van der Waals surface area contributed by atoms with Crippen molar-refractivity contribution in [2.24, 2.45) is 0 Å². The van der Waals surface area contributed by atoms with Crippen LogP contribution in [0, 0.1) is 0 Å². The second-order valence-corrected chi connectivity index (χ2v) is 10.4. The van der Waals surface area contributed by atoms with Gasteiger partial charge in [-0.3, -0.25) is 4.72 Å². The van der Waals surface area contributed by atoms with Crippen molar-refractivity contribution in [3.05, 3.63) is 48.5 Å². The molecule has 0 saturated heterocycles. The molecule has 0 saturated carbocycles. The zero-order chi connectivity index (χ0) is 20.6. The van der Waals surface area contributed by atoms with Crippen LogP contribution in [0.25, 0.3) is 11.0 Å². The molecule has 1 aliphatic heterocycles. The van der Waals surface area contributed by atoms with E-state index in [2.05, 4.69) is 15.0 Å². The van der Waals surface area contributed by atoms with E-state index >= 15 is 0 Å². The number of nitrogens with one attached hydrogen (secondary N) is 2. The molecule has 0 unspecified atom stereocenters. The van der Waals surface area contributed by atoms with Crippen LogP contribution in [0.1, 0.15) is 0 Å². The number of benzene rings is 2. The first-order valence-corrected chi connectivity index (χ1v) is 12.4. The third-order valence-electron chi connectivity index (χ3n) is 4.61. The molecule has 3 aromatic rings. The lowest BCUT2D eigenvalue weighted by Crippen LogP contribution is -2.41. The maximum absolute atomic E-state index is 13.4. The molecule has 0 radical (unpaired) electrons. The minimum Gasteiger partial charge on any atom is -0.313 e. The number of fused-ring (bicyclic) bond motifs is 3. The van der Waals surface area contributed by atoms with E-state index in [1.54, 1.807) is 0 Å². The maximum atomic E-state index is 13.4. The van der Waals surface area contributed by atoms with Gasteiger partial charge in [0.25, 0.3) is 10.0 Å². The van der Waals surface area contributed by atoms with E-state index in [1.807, 2.05) is 28.8 Å². The average molecular weight is 436 g/mol. The fraction of sp³-hybridized carbons (Fsp3) is 0.278. The third-order valence-corrected chi connectivity index (χ3v) is 7.01. The van der Waals surface area contributed by atoms with E-state index in [0.717, 1.165) is 17.3 Å². The Morgan fingerprint density at radius 2 is 1.66 bits per heavy atom. The molecule has 0 amide bonds. The van der Waals surface area contributed by atoms with E-state index in [9.17, 15) is 16.8 Å². The quantitative estimate of drug-likeness (QED) is 0.637. The lowest BCUT2D eigenvalue weighted by Gasteiger charge is -2.27. The van der Waals surface area contributed by atoms with Crippen molar-refractivity contribution in [3.8, 4) is 0 Å². The van der Waals surface area contributed by atoms with E-state index in [-0.39, 0.29) is 11.4 Å². The predicted octanol–water partition coefficient (Wildman–Crippen LogP) is 1.21. The Kier molecular flexibility index (Phi) is 4.97. The summed E-state index contributed by atoms with van der Waals surface area (Å²) in [7, 11) is -7.33. The monoisotopic (exact) mass is 435 g/mol. The number of imidazole rings is 1. The van der Waals surface area contributed by atoms with Crippen LogP contribution in [-0.2, 0) is 26.6 Å². The molecule has 2 aromatic carbocycles. The topological polar surface area (TPSA) is 113 Å². The highest BCUT2D eigenvalue weighted by Crippen LogP contribution is 2.28. The van der Waals surface area contributed by atoms with Crippen molar-refractivity contribution in [2.75, 3.05) is 34.9 Å². The molecule has 1 aliphatic rings. The zero-order valence-electron chi connectivity index (χ0n) is 15.7. The maximum Gasteiger partial charge on any atom is 0.266 e. The normalized spacial score (nSPS) is 15.6. The van der Waals surface area contributed by atoms with Gasteiger partial charge >= 0.3 is 0 Å². The summed E-state index contributed by atoms with van der Waals surface area (Å²) in [6.07, 6.45) is 1.04. The Morgan fingerprint density at radius 1 is 0.966 bits per heavy atom. The second kappa shape index (κ2) is 7.32. The Morgan fingerprint density at radius 3 is 2.38 bits per heavy atom. The lowest BCUT2D eigenvalue weighted by atomic mass is 10.3.